The Balaban J connectivity index is 0.000000750. The number of nitrogens with two attached hydrogens (primary N) is 1. The Morgan fingerprint density at radius 3 is 3.31 bits per heavy atom. The smallest absolute Gasteiger partial charge is 0.383 e. The van der Waals surface area contributed by atoms with Crippen molar-refractivity contribution in [3.05, 3.63) is 24.8 Å². The minimum atomic E-state index is 0. The third-order valence-electron chi connectivity index (χ3n) is 2.12. The Morgan fingerprint density at radius 1 is 1.46 bits per heavy atom. The SMILES string of the molecule is Nc1ncnc2c1cc1[nH]ccn12.[H+]. The lowest BCUT2D eigenvalue weighted by Crippen LogP contribution is -1.92. The Labute approximate surface area is 74.7 Å². The number of aromatic amines is 1. The second-order valence-corrected chi connectivity index (χ2v) is 2.86. The zero-order chi connectivity index (χ0) is 8.84. The molecule has 3 aromatic rings. The van der Waals surface area contributed by atoms with E-state index >= 15 is 0 Å². The normalized spacial score (nSPS) is 11.4. The maximum Gasteiger partial charge on any atom is 1.00 e. The van der Waals surface area contributed by atoms with Gasteiger partial charge < -0.3 is 10.7 Å². The van der Waals surface area contributed by atoms with Gasteiger partial charge in [-0.05, 0) is 6.07 Å². The van der Waals surface area contributed by atoms with Crippen LogP contribution in [0, 0.1) is 0 Å². The molecule has 0 aliphatic carbocycles. The van der Waals surface area contributed by atoms with Crippen LogP contribution < -0.4 is 5.73 Å². The van der Waals surface area contributed by atoms with E-state index in [0.29, 0.717) is 5.82 Å². The second kappa shape index (κ2) is 2.01. The number of nitrogen functional groups attached to an aromatic ring is 1. The maximum absolute atomic E-state index is 5.70. The van der Waals surface area contributed by atoms with Crippen molar-refractivity contribution in [2.45, 2.75) is 0 Å². The molecule has 13 heavy (non-hydrogen) atoms. The summed E-state index contributed by atoms with van der Waals surface area (Å²) in [5.41, 5.74) is 7.51. The molecule has 0 amide bonds. The summed E-state index contributed by atoms with van der Waals surface area (Å²) in [5, 5.41) is 0.884. The van der Waals surface area contributed by atoms with Crippen molar-refractivity contribution in [1.29, 1.82) is 0 Å². The van der Waals surface area contributed by atoms with Gasteiger partial charge in [0.25, 0.3) is 0 Å². The van der Waals surface area contributed by atoms with E-state index < -0.39 is 0 Å². The maximum atomic E-state index is 5.70. The Hall–Kier alpha value is -2.04. The third-order valence-corrected chi connectivity index (χ3v) is 2.12. The van der Waals surface area contributed by atoms with E-state index in [4.69, 9.17) is 5.73 Å². The van der Waals surface area contributed by atoms with Crippen molar-refractivity contribution in [3.8, 4) is 0 Å². The Kier molecular flexibility index (Phi) is 0.999. The molecule has 0 atom stereocenters. The van der Waals surface area contributed by atoms with Gasteiger partial charge in [-0.15, -0.1) is 0 Å². The first-order valence-corrected chi connectivity index (χ1v) is 3.91. The van der Waals surface area contributed by atoms with Crippen molar-refractivity contribution in [1.82, 2.24) is 19.4 Å². The number of hydrogen-bond donors (Lipinski definition) is 2. The molecule has 5 nitrogen and oxygen atoms in total. The lowest BCUT2D eigenvalue weighted by atomic mass is 10.4. The first-order chi connectivity index (χ1) is 6.36. The fourth-order valence-corrected chi connectivity index (χ4v) is 1.51. The molecule has 3 heterocycles. The molecule has 0 aliphatic rings. The number of nitrogens with one attached hydrogen (secondary N) is 1. The van der Waals surface area contributed by atoms with Crippen LogP contribution >= 0.6 is 0 Å². The van der Waals surface area contributed by atoms with Crippen molar-refractivity contribution in [2.75, 3.05) is 5.73 Å². The molecule has 0 radical (unpaired) electrons. The standard InChI is InChI=1S/C8H7N5/c9-7-5-3-6-10-1-2-13(6)8(5)12-4-11-7/h1-4,10H,(H2,9,11,12)/p+1. The van der Waals surface area contributed by atoms with Crippen LogP contribution in [-0.2, 0) is 0 Å². The van der Waals surface area contributed by atoms with Crippen LogP contribution in [0.1, 0.15) is 1.43 Å². The number of hydrogen-bond acceptors (Lipinski definition) is 3. The highest BCUT2D eigenvalue weighted by molar-refractivity contribution is 5.90. The summed E-state index contributed by atoms with van der Waals surface area (Å²) in [5.74, 6) is 0.516. The van der Waals surface area contributed by atoms with Gasteiger partial charge in [-0.2, -0.15) is 0 Å². The Morgan fingerprint density at radius 2 is 2.38 bits per heavy atom. The van der Waals surface area contributed by atoms with Gasteiger partial charge in [-0.3, -0.25) is 4.40 Å². The number of anilines is 1. The Bertz CT molecular complexity index is 581. The fraction of sp³-hybridized carbons (Fsp3) is 0. The number of aromatic nitrogens is 4. The third kappa shape index (κ3) is 0.703. The lowest BCUT2D eigenvalue weighted by Gasteiger charge is -1.92. The molecule has 3 rings (SSSR count). The molecule has 0 aliphatic heterocycles. The molecule has 0 bridgehead atoms. The number of nitrogens with zero attached hydrogens (tertiary/aromatic N) is 3. The van der Waals surface area contributed by atoms with Crippen LogP contribution in [0.4, 0.5) is 5.82 Å². The van der Waals surface area contributed by atoms with Gasteiger partial charge in [0, 0.05) is 12.4 Å². The first-order valence-electron chi connectivity index (χ1n) is 3.91. The summed E-state index contributed by atoms with van der Waals surface area (Å²) < 4.78 is 1.94. The minimum absolute atomic E-state index is 0. The first kappa shape index (κ1) is 6.47. The van der Waals surface area contributed by atoms with Crippen LogP contribution in [0.3, 0.4) is 0 Å². The molecular formula is C8H8N5+. The average Bonchev–Trinajstić information content (AvgIpc) is 2.65. The summed E-state index contributed by atoms with van der Waals surface area (Å²) in [6.07, 6.45) is 5.23. The van der Waals surface area contributed by atoms with E-state index in [1.54, 1.807) is 0 Å². The fourth-order valence-electron chi connectivity index (χ4n) is 1.51. The monoisotopic (exact) mass is 174 g/mol. The lowest BCUT2D eigenvalue weighted by molar-refractivity contribution is 1.16. The van der Waals surface area contributed by atoms with Gasteiger partial charge in [0.1, 0.15) is 17.8 Å². The van der Waals surface area contributed by atoms with E-state index in [2.05, 4.69) is 15.0 Å². The summed E-state index contributed by atoms with van der Waals surface area (Å²) in [6, 6.07) is 1.94. The van der Waals surface area contributed by atoms with Crippen molar-refractivity contribution >= 4 is 22.5 Å². The minimum Gasteiger partial charge on any atom is -0.383 e. The quantitative estimate of drug-likeness (QED) is 0.532. The molecule has 0 saturated carbocycles. The number of rotatable bonds is 0. The van der Waals surface area contributed by atoms with Gasteiger partial charge in [0.05, 0.1) is 5.39 Å². The molecule has 0 spiro atoms. The molecule has 0 unspecified atom stereocenters. The van der Waals surface area contributed by atoms with E-state index in [1.807, 2.05) is 22.9 Å². The molecule has 0 fully saturated rings. The van der Waals surface area contributed by atoms with Crippen molar-refractivity contribution in [3.63, 3.8) is 0 Å². The average molecular weight is 174 g/mol. The van der Waals surface area contributed by atoms with Crippen molar-refractivity contribution < 1.29 is 1.43 Å². The van der Waals surface area contributed by atoms with Crippen LogP contribution in [0.25, 0.3) is 16.7 Å². The van der Waals surface area contributed by atoms with Gasteiger partial charge in [0.15, 0.2) is 5.65 Å². The molecule has 64 valence electrons. The predicted octanol–water partition coefficient (Wildman–Crippen LogP) is 0.905. The summed E-state index contributed by atoms with van der Waals surface area (Å²) in [7, 11) is 0. The highest BCUT2D eigenvalue weighted by Crippen LogP contribution is 2.20. The molecule has 5 heteroatoms. The van der Waals surface area contributed by atoms with Crippen LogP contribution in [-0.4, -0.2) is 19.4 Å². The van der Waals surface area contributed by atoms with E-state index in [0.717, 1.165) is 16.7 Å². The molecule has 3 N–H and O–H groups in total. The highest BCUT2D eigenvalue weighted by Gasteiger charge is 2.06. The van der Waals surface area contributed by atoms with E-state index in [9.17, 15) is 0 Å². The topological polar surface area (TPSA) is 72.0 Å². The van der Waals surface area contributed by atoms with Crippen LogP contribution in [0.15, 0.2) is 24.8 Å². The van der Waals surface area contributed by atoms with Gasteiger partial charge in [0.2, 0.25) is 0 Å². The summed E-state index contributed by atoms with van der Waals surface area (Å²) >= 11 is 0. The summed E-state index contributed by atoms with van der Waals surface area (Å²) in [6.45, 7) is 0. The molecule has 3 aromatic heterocycles. The largest absolute Gasteiger partial charge is 1.00 e. The van der Waals surface area contributed by atoms with Gasteiger partial charge >= 0.3 is 1.43 Å². The van der Waals surface area contributed by atoms with Gasteiger partial charge in [-0.1, -0.05) is 0 Å². The second-order valence-electron chi connectivity index (χ2n) is 2.86. The van der Waals surface area contributed by atoms with Crippen molar-refractivity contribution in [2.24, 2.45) is 0 Å². The number of fused-ring (bicyclic) bond motifs is 3. The van der Waals surface area contributed by atoms with Crippen LogP contribution in [0.5, 0.6) is 0 Å². The zero-order valence-electron chi connectivity index (χ0n) is 7.73. The molecule has 0 aromatic carbocycles. The number of imidazole rings is 1. The predicted molar refractivity (Wildman–Crippen MR) is 50.4 cm³/mol. The van der Waals surface area contributed by atoms with E-state index in [1.165, 1.54) is 6.33 Å². The van der Waals surface area contributed by atoms with Gasteiger partial charge in [-0.25, -0.2) is 9.97 Å². The zero-order valence-corrected chi connectivity index (χ0v) is 6.73. The number of H-pyrrole nitrogens is 1. The summed E-state index contributed by atoms with van der Waals surface area (Å²) in [4.78, 5) is 11.2. The van der Waals surface area contributed by atoms with Crippen LogP contribution in [0.2, 0.25) is 0 Å². The molecule has 0 saturated heterocycles. The highest BCUT2D eigenvalue weighted by atomic mass is 15.1. The molecular weight excluding hydrogens is 166 g/mol. The van der Waals surface area contributed by atoms with E-state index in [-0.39, 0.29) is 1.43 Å².